The fourth-order valence-corrected chi connectivity index (χ4v) is 3.06. The Kier molecular flexibility index (Phi) is 5.90. The summed E-state index contributed by atoms with van der Waals surface area (Å²) in [5, 5.41) is 3.60. The molecule has 1 fully saturated rings. The van der Waals surface area contributed by atoms with E-state index >= 15 is 0 Å². The fourth-order valence-electron chi connectivity index (χ4n) is 3.06. The van der Waals surface area contributed by atoms with Gasteiger partial charge in [-0.3, -0.25) is 0 Å². The summed E-state index contributed by atoms with van der Waals surface area (Å²) in [7, 11) is 2.28. The van der Waals surface area contributed by atoms with E-state index in [-0.39, 0.29) is 0 Å². The van der Waals surface area contributed by atoms with Crippen molar-refractivity contribution in [3.8, 4) is 0 Å². The maximum Gasteiger partial charge on any atom is 0.0372 e. The van der Waals surface area contributed by atoms with E-state index in [1.807, 2.05) is 0 Å². The Labute approximate surface area is 124 Å². The highest BCUT2D eigenvalue weighted by Crippen LogP contribution is 2.23. The molecule has 2 heteroatoms. The van der Waals surface area contributed by atoms with Crippen molar-refractivity contribution in [2.75, 3.05) is 25.5 Å². The average Bonchev–Trinajstić information content (AvgIpc) is 2.45. The minimum Gasteiger partial charge on any atom is -0.385 e. The third kappa shape index (κ3) is 4.52. The molecule has 0 amide bonds. The summed E-state index contributed by atoms with van der Waals surface area (Å²) >= 11 is 0. The van der Waals surface area contributed by atoms with Crippen molar-refractivity contribution >= 4 is 5.69 Å². The van der Waals surface area contributed by atoms with E-state index in [9.17, 15) is 0 Å². The summed E-state index contributed by atoms with van der Waals surface area (Å²) in [6, 6.07) is 9.59. The predicted molar refractivity (Wildman–Crippen MR) is 88.4 cm³/mol. The molecule has 0 spiro atoms. The fraction of sp³-hybridized carbons (Fsp3) is 0.667. The summed E-state index contributed by atoms with van der Waals surface area (Å²) in [6.07, 6.45) is 6.63. The molecular formula is C18H30N2. The molecule has 0 bridgehead atoms. The van der Waals surface area contributed by atoms with Gasteiger partial charge in [-0.25, -0.2) is 0 Å². The second kappa shape index (κ2) is 7.68. The lowest BCUT2D eigenvalue weighted by Crippen LogP contribution is -2.36. The molecule has 112 valence electrons. The number of likely N-dealkylation sites (tertiary alicyclic amines) is 1. The first-order chi connectivity index (χ1) is 9.66. The zero-order chi connectivity index (χ0) is 14.4. The van der Waals surface area contributed by atoms with Gasteiger partial charge in [-0.1, -0.05) is 38.5 Å². The first-order valence-electron chi connectivity index (χ1n) is 8.19. The van der Waals surface area contributed by atoms with Crippen LogP contribution < -0.4 is 5.32 Å². The minimum absolute atomic E-state index is 0.688. The van der Waals surface area contributed by atoms with Gasteiger partial charge in [-0.15, -0.1) is 0 Å². The summed E-state index contributed by atoms with van der Waals surface area (Å²) in [5.74, 6) is 0.688. The zero-order valence-electron chi connectivity index (χ0n) is 13.4. The van der Waals surface area contributed by atoms with E-state index in [2.05, 4.69) is 55.4 Å². The average molecular weight is 274 g/mol. The number of anilines is 1. The Bertz CT molecular complexity index is 400. The number of hydrogen-bond donors (Lipinski definition) is 1. The first kappa shape index (κ1) is 15.4. The molecule has 1 aromatic carbocycles. The molecule has 2 rings (SSSR count). The second-order valence-corrected chi connectivity index (χ2v) is 6.60. The van der Waals surface area contributed by atoms with Gasteiger partial charge in [0.2, 0.25) is 0 Å². The van der Waals surface area contributed by atoms with Crippen LogP contribution in [-0.4, -0.2) is 31.1 Å². The largest absolute Gasteiger partial charge is 0.385 e. The lowest BCUT2D eigenvalue weighted by Gasteiger charge is -2.32. The SMILES string of the molecule is CC(C)CNc1ccccc1CCC1CCCCN1C. The maximum atomic E-state index is 3.60. The third-order valence-corrected chi connectivity index (χ3v) is 4.39. The summed E-state index contributed by atoms with van der Waals surface area (Å²) < 4.78 is 0. The molecule has 0 aromatic heterocycles. The quantitative estimate of drug-likeness (QED) is 0.837. The van der Waals surface area contributed by atoms with Crippen LogP contribution in [0.2, 0.25) is 0 Å². The van der Waals surface area contributed by atoms with E-state index in [4.69, 9.17) is 0 Å². The van der Waals surface area contributed by atoms with E-state index in [0.717, 1.165) is 12.6 Å². The van der Waals surface area contributed by atoms with Crippen molar-refractivity contribution in [3.63, 3.8) is 0 Å². The van der Waals surface area contributed by atoms with Crippen molar-refractivity contribution in [2.45, 2.75) is 52.0 Å². The molecule has 2 nitrogen and oxygen atoms in total. The molecular weight excluding hydrogens is 244 g/mol. The van der Waals surface area contributed by atoms with Crippen molar-refractivity contribution in [1.29, 1.82) is 0 Å². The monoisotopic (exact) mass is 274 g/mol. The van der Waals surface area contributed by atoms with Gasteiger partial charge >= 0.3 is 0 Å². The Hall–Kier alpha value is -1.02. The Morgan fingerprint density at radius 3 is 2.80 bits per heavy atom. The van der Waals surface area contributed by atoms with Crippen molar-refractivity contribution in [3.05, 3.63) is 29.8 Å². The van der Waals surface area contributed by atoms with Gasteiger partial charge in [-0.05, 0) is 56.8 Å². The number of hydrogen-bond acceptors (Lipinski definition) is 2. The van der Waals surface area contributed by atoms with Gasteiger partial charge in [-0.2, -0.15) is 0 Å². The van der Waals surface area contributed by atoms with E-state index < -0.39 is 0 Å². The van der Waals surface area contributed by atoms with Gasteiger partial charge in [0.15, 0.2) is 0 Å². The number of piperidine rings is 1. The smallest absolute Gasteiger partial charge is 0.0372 e. The first-order valence-corrected chi connectivity index (χ1v) is 8.19. The van der Waals surface area contributed by atoms with Crippen LogP contribution in [0.3, 0.4) is 0 Å². The molecule has 1 aromatic rings. The number of para-hydroxylation sites is 1. The summed E-state index contributed by atoms with van der Waals surface area (Å²) in [4.78, 5) is 2.55. The number of nitrogens with one attached hydrogen (secondary N) is 1. The van der Waals surface area contributed by atoms with Crippen molar-refractivity contribution in [2.24, 2.45) is 5.92 Å². The van der Waals surface area contributed by atoms with Crippen LogP contribution in [0.15, 0.2) is 24.3 Å². The Morgan fingerprint density at radius 2 is 2.05 bits per heavy atom. The number of nitrogens with zero attached hydrogens (tertiary/aromatic N) is 1. The van der Waals surface area contributed by atoms with Crippen LogP contribution in [0.1, 0.15) is 45.1 Å². The van der Waals surface area contributed by atoms with E-state index in [1.54, 1.807) is 0 Å². The number of aryl methyl sites for hydroxylation is 1. The van der Waals surface area contributed by atoms with E-state index in [1.165, 1.54) is 49.9 Å². The minimum atomic E-state index is 0.688. The third-order valence-electron chi connectivity index (χ3n) is 4.39. The van der Waals surface area contributed by atoms with Crippen molar-refractivity contribution < 1.29 is 0 Å². The molecule has 1 saturated heterocycles. The van der Waals surface area contributed by atoms with Crippen LogP contribution in [-0.2, 0) is 6.42 Å². The van der Waals surface area contributed by atoms with Crippen LogP contribution in [0.4, 0.5) is 5.69 Å². The molecule has 1 aliphatic rings. The molecule has 1 aliphatic heterocycles. The summed E-state index contributed by atoms with van der Waals surface area (Å²) in [5.41, 5.74) is 2.81. The van der Waals surface area contributed by atoms with Gasteiger partial charge in [0.25, 0.3) is 0 Å². The lowest BCUT2D eigenvalue weighted by molar-refractivity contribution is 0.176. The van der Waals surface area contributed by atoms with Gasteiger partial charge in [0.05, 0.1) is 0 Å². The molecule has 0 saturated carbocycles. The molecule has 20 heavy (non-hydrogen) atoms. The molecule has 0 radical (unpaired) electrons. The highest BCUT2D eigenvalue weighted by molar-refractivity contribution is 5.51. The highest BCUT2D eigenvalue weighted by Gasteiger charge is 2.18. The predicted octanol–water partition coefficient (Wildman–Crippen LogP) is 4.17. The van der Waals surface area contributed by atoms with Crippen LogP contribution in [0.25, 0.3) is 0 Å². The topological polar surface area (TPSA) is 15.3 Å². The van der Waals surface area contributed by atoms with Crippen LogP contribution in [0, 0.1) is 5.92 Å². The number of rotatable bonds is 6. The van der Waals surface area contributed by atoms with E-state index in [0.29, 0.717) is 5.92 Å². The molecule has 0 aliphatic carbocycles. The molecule has 1 N–H and O–H groups in total. The lowest BCUT2D eigenvalue weighted by atomic mass is 9.96. The van der Waals surface area contributed by atoms with Crippen molar-refractivity contribution in [1.82, 2.24) is 4.90 Å². The molecule has 1 unspecified atom stereocenters. The van der Waals surface area contributed by atoms with Crippen LogP contribution in [0.5, 0.6) is 0 Å². The second-order valence-electron chi connectivity index (χ2n) is 6.60. The number of benzene rings is 1. The standard InChI is InChI=1S/C18H30N2/c1-15(2)14-19-18-10-5-4-8-16(18)11-12-17-9-6-7-13-20(17)3/h4-5,8,10,15,17,19H,6-7,9,11-14H2,1-3H3. The molecule has 1 atom stereocenters. The van der Waals surface area contributed by atoms with Gasteiger partial charge in [0, 0.05) is 18.3 Å². The maximum absolute atomic E-state index is 3.60. The van der Waals surface area contributed by atoms with Crippen LogP contribution >= 0.6 is 0 Å². The normalized spacial score (nSPS) is 20.3. The molecule has 1 heterocycles. The zero-order valence-corrected chi connectivity index (χ0v) is 13.4. The summed E-state index contributed by atoms with van der Waals surface area (Å²) in [6.45, 7) is 6.84. The Morgan fingerprint density at radius 1 is 1.25 bits per heavy atom. The van der Waals surface area contributed by atoms with Gasteiger partial charge in [0.1, 0.15) is 0 Å². The Balaban J connectivity index is 1.91. The van der Waals surface area contributed by atoms with Gasteiger partial charge < -0.3 is 10.2 Å². The highest BCUT2D eigenvalue weighted by atomic mass is 15.1.